The molecule has 3 aromatic carbocycles. The summed E-state index contributed by atoms with van der Waals surface area (Å²) < 4.78 is 5.77. The second kappa shape index (κ2) is 19.2. The minimum absolute atomic E-state index is 0.0204. The predicted octanol–water partition coefficient (Wildman–Crippen LogP) is 5.07. The van der Waals surface area contributed by atoms with Crippen LogP contribution >= 0.6 is 0 Å². The minimum atomic E-state index is -1.19. The molecule has 0 bridgehead atoms. The maximum Gasteiger partial charge on any atom is 0.335 e. The molecule has 0 radical (unpaired) electrons. The molecule has 0 aliphatic carbocycles. The van der Waals surface area contributed by atoms with Gasteiger partial charge in [0.25, 0.3) is 23.6 Å². The summed E-state index contributed by atoms with van der Waals surface area (Å²) in [4.78, 5) is 88.5. The van der Waals surface area contributed by atoms with Crippen molar-refractivity contribution in [3.63, 3.8) is 0 Å². The summed E-state index contributed by atoms with van der Waals surface area (Å²) in [5.41, 5.74) is 1.51. The Balaban J connectivity index is 1.10. The molecule has 0 saturated heterocycles. The summed E-state index contributed by atoms with van der Waals surface area (Å²) in [5.74, 6) is -5.16. The number of carbonyl (C=O) groups is 6. The number of ether oxygens (including phenoxy) is 1. The van der Waals surface area contributed by atoms with Gasteiger partial charge >= 0.3 is 5.97 Å². The van der Waals surface area contributed by atoms with Crippen LogP contribution in [0, 0.1) is 6.57 Å². The van der Waals surface area contributed by atoms with Gasteiger partial charge in [-0.2, -0.15) is 15.4 Å². The standard InChI is InChI=1S/C42H35N11O9/c1-22(2)62-36-31(17-14-30(35(36)54)38(56)47-26-10-6-24(7-11-26)42(60)61)50-39(57)32-16-13-28(20-45-32)49-41(59)34(18-29-21-46-53-52-29)51-40(58)33-15-12-27(19-44-33)48-37(55)23-4-8-25(43-3)9-5-23/h4-17,19-22,34,54H,18H2,1-2H3,(H,47,56)(H,48,55)(H,49,59)(H,50,57)(H,51,58)(H,60,61)(H,46,52,53)/t34-/m0/s1. The first-order valence-electron chi connectivity index (χ1n) is 18.4. The molecule has 3 heterocycles. The quantitative estimate of drug-likeness (QED) is 0.0628. The van der Waals surface area contributed by atoms with Gasteiger partial charge in [-0.25, -0.2) is 19.6 Å². The highest BCUT2D eigenvalue weighted by atomic mass is 16.5. The number of aromatic nitrogens is 5. The predicted molar refractivity (Wildman–Crippen MR) is 222 cm³/mol. The third kappa shape index (κ3) is 10.7. The van der Waals surface area contributed by atoms with Crippen LogP contribution in [0.4, 0.5) is 28.4 Å². The van der Waals surface area contributed by atoms with Gasteiger partial charge in [0.2, 0.25) is 5.91 Å². The number of nitrogens with one attached hydrogen (secondary N) is 6. The maximum absolute atomic E-state index is 13.5. The SMILES string of the molecule is [C-]#[N+]c1ccc(C(=O)Nc2ccc(C(=O)N[C@@H](Cc3cn[nH]n3)C(=O)Nc3ccc(C(=O)Nc4ccc(C(=O)Nc5ccc(C(=O)O)cc5)c(O)c4OC(C)C)nc3)nc2)cc1. The smallest absolute Gasteiger partial charge is 0.335 e. The fraction of sp³-hybridized carbons (Fsp3) is 0.119. The number of nitrogens with zero attached hydrogens (tertiary/aromatic N) is 5. The maximum atomic E-state index is 13.5. The normalized spacial score (nSPS) is 11.1. The van der Waals surface area contributed by atoms with Gasteiger partial charge in [0.1, 0.15) is 17.4 Å². The van der Waals surface area contributed by atoms with Gasteiger partial charge in [-0.1, -0.05) is 24.3 Å². The molecule has 0 aliphatic heterocycles. The van der Waals surface area contributed by atoms with Gasteiger partial charge in [-0.15, -0.1) is 0 Å². The van der Waals surface area contributed by atoms with Gasteiger partial charge in [0.05, 0.1) is 65.1 Å². The van der Waals surface area contributed by atoms with Gasteiger partial charge < -0.3 is 41.5 Å². The van der Waals surface area contributed by atoms with E-state index in [1.54, 1.807) is 13.8 Å². The Bertz CT molecular complexity index is 2660. The molecule has 62 heavy (non-hydrogen) atoms. The van der Waals surface area contributed by atoms with E-state index in [4.69, 9.17) is 16.4 Å². The number of phenolic OH excluding ortho intramolecular Hbond substituents is 1. The summed E-state index contributed by atoms with van der Waals surface area (Å²) in [6, 6.07) is 18.5. The molecule has 3 aromatic heterocycles. The topological polar surface area (TPSA) is 284 Å². The number of H-pyrrole nitrogens is 1. The molecule has 0 fully saturated rings. The zero-order valence-electron chi connectivity index (χ0n) is 32.7. The number of hydrogen-bond donors (Lipinski definition) is 8. The molecule has 1 atom stereocenters. The molecule has 312 valence electrons. The lowest BCUT2D eigenvalue weighted by atomic mass is 10.1. The zero-order chi connectivity index (χ0) is 44.3. The van der Waals surface area contributed by atoms with Crippen molar-refractivity contribution < 1.29 is 43.7 Å². The van der Waals surface area contributed by atoms with Gasteiger partial charge in [0, 0.05) is 17.7 Å². The van der Waals surface area contributed by atoms with Crippen LogP contribution in [0.5, 0.6) is 11.5 Å². The molecule has 0 aliphatic rings. The van der Waals surface area contributed by atoms with Crippen molar-refractivity contribution in [1.82, 2.24) is 30.7 Å². The number of rotatable bonds is 15. The van der Waals surface area contributed by atoms with Crippen LogP contribution in [-0.2, 0) is 11.2 Å². The summed E-state index contributed by atoms with van der Waals surface area (Å²) >= 11 is 0. The van der Waals surface area contributed by atoms with E-state index in [0.717, 1.165) is 0 Å². The fourth-order valence-electron chi connectivity index (χ4n) is 5.59. The molecule has 6 rings (SSSR count). The number of benzene rings is 3. The number of aromatic carboxylic acids is 1. The first-order chi connectivity index (χ1) is 29.8. The first-order valence-corrected chi connectivity index (χ1v) is 18.4. The molecular formula is C42H35N11O9. The number of carbonyl (C=O) groups excluding carboxylic acids is 5. The monoisotopic (exact) mass is 837 g/mol. The third-order valence-corrected chi connectivity index (χ3v) is 8.64. The van der Waals surface area contributed by atoms with Crippen molar-refractivity contribution in [2.75, 3.05) is 21.3 Å². The minimum Gasteiger partial charge on any atom is -0.504 e. The number of phenols is 1. The highest BCUT2D eigenvalue weighted by Gasteiger charge is 2.25. The van der Waals surface area contributed by atoms with E-state index >= 15 is 0 Å². The Morgan fingerprint density at radius 1 is 0.710 bits per heavy atom. The molecular weight excluding hydrogens is 803 g/mol. The highest BCUT2D eigenvalue weighted by molar-refractivity contribution is 6.09. The molecule has 8 N–H and O–H groups in total. The number of anilines is 4. The molecule has 5 amide bonds. The van der Waals surface area contributed by atoms with E-state index in [1.807, 2.05) is 0 Å². The van der Waals surface area contributed by atoms with Crippen molar-refractivity contribution in [2.24, 2.45) is 0 Å². The van der Waals surface area contributed by atoms with E-state index in [2.05, 4.69) is 56.8 Å². The van der Waals surface area contributed by atoms with Crippen LogP contribution in [0.15, 0.2) is 104 Å². The van der Waals surface area contributed by atoms with Crippen molar-refractivity contribution in [2.45, 2.75) is 32.4 Å². The van der Waals surface area contributed by atoms with E-state index in [0.29, 0.717) is 22.6 Å². The summed E-state index contributed by atoms with van der Waals surface area (Å²) in [5, 5.41) is 43.5. The third-order valence-electron chi connectivity index (χ3n) is 8.64. The van der Waals surface area contributed by atoms with Crippen molar-refractivity contribution in [3.05, 3.63) is 149 Å². The molecule has 20 nitrogen and oxygen atoms in total. The van der Waals surface area contributed by atoms with Gasteiger partial charge in [0.15, 0.2) is 17.2 Å². The fourth-order valence-corrected chi connectivity index (χ4v) is 5.59. The molecule has 0 unspecified atom stereocenters. The Kier molecular flexibility index (Phi) is 13.2. The Morgan fingerprint density at radius 3 is 1.90 bits per heavy atom. The average Bonchev–Trinajstić information content (AvgIpc) is 3.78. The number of aromatic amines is 1. The second-order valence-corrected chi connectivity index (χ2v) is 13.5. The second-order valence-electron chi connectivity index (χ2n) is 13.5. The lowest BCUT2D eigenvalue weighted by molar-refractivity contribution is -0.118. The lowest BCUT2D eigenvalue weighted by Gasteiger charge is -2.18. The molecule has 0 saturated carbocycles. The summed E-state index contributed by atoms with van der Waals surface area (Å²) in [7, 11) is 0. The molecule has 20 heteroatoms. The number of carboxylic acid groups (broad SMARTS) is 1. The highest BCUT2D eigenvalue weighted by Crippen LogP contribution is 2.39. The largest absolute Gasteiger partial charge is 0.504 e. The van der Waals surface area contributed by atoms with E-state index in [1.165, 1.54) is 104 Å². The van der Waals surface area contributed by atoms with Gasteiger partial charge in [-0.05, 0) is 74.5 Å². The summed E-state index contributed by atoms with van der Waals surface area (Å²) in [6.45, 7) is 10.4. The Labute approximate surface area is 351 Å². The van der Waals surface area contributed by atoms with Crippen LogP contribution in [0.3, 0.4) is 0 Å². The number of hydrogen-bond acceptors (Lipinski definition) is 12. The zero-order valence-corrected chi connectivity index (χ0v) is 32.7. The summed E-state index contributed by atoms with van der Waals surface area (Å²) in [6.07, 6.45) is 3.32. The van der Waals surface area contributed by atoms with Crippen LogP contribution in [0.1, 0.15) is 71.6 Å². The van der Waals surface area contributed by atoms with Crippen molar-refractivity contribution in [3.8, 4) is 11.5 Å². The number of amides is 5. The first kappa shape index (κ1) is 42.6. The Morgan fingerprint density at radius 2 is 1.32 bits per heavy atom. The van der Waals surface area contributed by atoms with Crippen LogP contribution in [0.2, 0.25) is 0 Å². The van der Waals surface area contributed by atoms with Gasteiger partial charge in [-0.3, -0.25) is 24.0 Å². The van der Waals surface area contributed by atoms with E-state index in [-0.39, 0.29) is 51.7 Å². The molecule has 0 spiro atoms. The number of aromatic hydroxyl groups is 1. The Hall–Kier alpha value is -8.99. The van der Waals surface area contributed by atoms with Crippen LogP contribution in [-0.4, -0.2) is 83.2 Å². The number of pyridine rings is 2. The van der Waals surface area contributed by atoms with Crippen molar-refractivity contribution >= 4 is 63.9 Å². The van der Waals surface area contributed by atoms with Crippen LogP contribution in [0.25, 0.3) is 4.85 Å². The van der Waals surface area contributed by atoms with Crippen molar-refractivity contribution in [1.29, 1.82) is 0 Å². The number of carboxylic acids is 1. The van der Waals surface area contributed by atoms with E-state index < -0.39 is 53.4 Å². The van der Waals surface area contributed by atoms with Crippen LogP contribution < -0.4 is 31.3 Å². The lowest BCUT2D eigenvalue weighted by Crippen LogP contribution is -2.45. The average molecular weight is 838 g/mol. The molecule has 6 aromatic rings. The van der Waals surface area contributed by atoms with E-state index in [9.17, 15) is 33.9 Å².